The number of hydrogen-bond acceptors (Lipinski definition) is 4. The third-order valence-corrected chi connectivity index (χ3v) is 5.99. The van der Waals surface area contributed by atoms with Crippen molar-refractivity contribution in [2.24, 2.45) is 12.0 Å². The predicted molar refractivity (Wildman–Crippen MR) is 138 cm³/mol. The molecule has 1 saturated heterocycles. The average Bonchev–Trinajstić information content (AvgIpc) is 3.10. The number of nitrogens with one attached hydrogen (secondary N) is 1. The molecule has 0 radical (unpaired) electrons. The van der Waals surface area contributed by atoms with Crippen LogP contribution in [-0.2, 0) is 13.6 Å². The molecule has 1 aromatic heterocycles. The SMILES string of the molecule is CCCCNC(=NCc1nnc(C)n1C)N1CCN(C(CC)c2ccccc2)CC1.I. The molecule has 7 nitrogen and oxygen atoms in total. The van der Waals surface area contributed by atoms with Gasteiger partial charge in [0.25, 0.3) is 0 Å². The molecule has 1 atom stereocenters. The zero-order valence-electron chi connectivity index (χ0n) is 19.4. The number of rotatable bonds is 8. The van der Waals surface area contributed by atoms with E-state index in [4.69, 9.17) is 4.99 Å². The molecule has 3 rings (SSSR count). The highest BCUT2D eigenvalue weighted by molar-refractivity contribution is 14.0. The van der Waals surface area contributed by atoms with Crippen LogP contribution >= 0.6 is 24.0 Å². The van der Waals surface area contributed by atoms with E-state index in [1.54, 1.807) is 0 Å². The maximum absolute atomic E-state index is 4.90. The van der Waals surface area contributed by atoms with E-state index in [1.807, 2.05) is 18.5 Å². The second-order valence-electron chi connectivity index (χ2n) is 8.00. The van der Waals surface area contributed by atoms with Gasteiger partial charge in [-0.05, 0) is 25.3 Å². The van der Waals surface area contributed by atoms with Gasteiger partial charge in [0.05, 0.1) is 0 Å². The Kier molecular flexibility index (Phi) is 10.7. The molecule has 0 aliphatic carbocycles. The minimum absolute atomic E-state index is 0. The standard InChI is InChI=1S/C23H37N7.HI/c1-5-7-13-24-23(25-18-22-27-26-19(3)28(22)4)30-16-14-29(15-17-30)21(6-2)20-11-9-8-10-12-20;/h8-12,21H,5-7,13-18H2,1-4H3,(H,24,25);1H. The Bertz CT molecular complexity index is 798. The van der Waals surface area contributed by atoms with Gasteiger partial charge in [-0.2, -0.15) is 0 Å². The Balaban J connectivity index is 0.00000341. The van der Waals surface area contributed by atoms with E-state index in [-0.39, 0.29) is 24.0 Å². The summed E-state index contributed by atoms with van der Waals surface area (Å²) < 4.78 is 2.01. The molecule has 2 heterocycles. The molecule has 0 saturated carbocycles. The van der Waals surface area contributed by atoms with Crippen molar-refractivity contribution in [1.29, 1.82) is 0 Å². The van der Waals surface area contributed by atoms with Crippen molar-refractivity contribution in [1.82, 2.24) is 29.9 Å². The van der Waals surface area contributed by atoms with Gasteiger partial charge in [-0.15, -0.1) is 34.2 Å². The predicted octanol–water partition coefficient (Wildman–Crippen LogP) is 3.76. The Morgan fingerprint density at radius 2 is 1.81 bits per heavy atom. The zero-order chi connectivity index (χ0) is 21.3. The van der Waals surface area contributed by atoms with E-state index in [1.165, 1.54) is 12.0 Å². The molecule has 1 unspecified atom stereocenters. The van der Waals surface area contributed by atoms with Gasteiger partial charge in [0.15, 0.2) is 11.8 Å². The lowest BCUT2D eigenvalue weighted by Crippen LogP contribution is -2.53. The number of piperazine rings is 1. The number of benzene rings is 1. The highest BCUT2D eigenvalue weighted by Gasteiger charge is 2.25. The van der Waals surface area contributed by atoms with E-state index in [0.29, 0.717) is 12.6 Å². The highest BCUT2D eigenvalue weighted by atomic mass is 127. The summed E-state index contributed by atoms with van der Waals surface area (Å²) >= 11 is 0. The lowest BCUT2D eigenvalue weighted by atomic mass is 10.0. The van der Waals surface area contributed by atoms with Gasteiger partial charge in [0.2, 0.25) is 0 Å². The van der Waals surface area contributed by atoms with E-state index in [9.17, 15) is 0 Å². The number of aliphatic imine (C=N–C) groups is 1. The van der Waals surface area contributed by atoms with Crippen LogP contribution in [0, 0.1) is 6.92 Å². The molecular formula is C23H38IN7. The summed E-state index contributed by atoms with van der Waals surface area (Å²) in [6.07, 6.45) is 3.45. The van der Waals surface area contributed by atoms with Gasteiger partial charge < -0.3 is 14.8 Å². The van der Waals surface area contributed by atoms with Crippen molar-refractivity contribution >= 4 is 29.9 Å². The monoisotopic (exact) mass is 539 g/mol. The second-order valence-corrected chi connectivity index (χ2v) is 8.00. The molecule has 8 heteroatoms. The Hall–Kier alpha value is -1.68. The number of halogens is 1. The van der Waals surface area contributed by atoms with Gasteiger partial charge in [0, 0.05) is 45.8 Å². The summed E-state index contributed by atoms with van der Waals surface area (Å²) in [6, 6.07) is 11.4. The summed E-state index contributed by atoms with van der Waals surface area (Å²) in [5.41, 5.74) is 1.42. The molecule has 0 amide bonds. The summed E-state index contributed by atoms with van der Waals surface area (Å²) in [6.45, 7) is 12.0. The van der Waals surface area contributed by atoms with E-state index < -0.39 is 0 Å². The van der Waals surface area contributed by atoms with Crippen molar-refractivity contribution < 1.29 is 0 Å². The fourth-order valence-corrected chi connectivity index (χ4v) is 4.00. The number of nitrogens with zero attached hydrogens (tertiary/aromatic N) is 6. The van der Waals surface area contributed by atoms with Crippen molar-refractivity contribution in [3.8, 4) is 0 Å². The fourth-order valence-electron chi connectivity index (χ4n) is 4.00. The molecule has 2 aromatic rings. The summed E-state index contributed by atoms with van der Waals surface area (Å²) in [5.74, 6) is 2.81. The number of unbranched alkanes of at least 4 members (excludes halogenated alkanes) is 1. The molecule has 1 aliphatic rings. The number of guanidine groups is 1. The van der Waals surface area contributed by atoms with Crippen LogP contribution in [0.15, 0.2) is 35.3 Å². The Labute approximate surface area is 204 Å². The van der Waals surface area contributed by atoms with E-state index >= 15 is 0 Å². The van der Waals surface area contributed by atoms with Crippen LogP contribution < -0.4 is 5.32 Å². The summed E-state index contributed by atoms with van der Waals surface area (Å²) in [5, 5.41) is 12.0. The van der Waals surface area contributed by atoms with Crippen LogP contribution in [0.1, 0.15) is 56.4 Å². The lowest BCUT2D eigenvalue weighted by Gasteiger charge is -2.40. The second kappa shape index (κ2) is 13.0. The smallest absolute Gasteiger partial charge is 0.194 e. The van der Waals surface area contributed by atoms with Crippen molar-refractivity contribution in [2.45, 2.75) is 52.6 Å². The van der Waals surface area contributed by atoms with E-state index in [2.05, 4.69) is 69.5 Å². The molecule has 1 aliphatic heterocycles. The first-order valence-corrected chi connectivity index (χ1v) is 11.3. The molecule has 1 aromatic carbocycles. The summed E-state index contributed by atoms with van der Waals surface area (Å²) in [7, 11) is 2.00. The van der Waals surface area contributed by atoms with Gasteiger partial charge >= 0.3 is 0 Å². The van der Waals surface area contributed by atoms with Gasteiger partial charge in [-0.3, -0.25) is 4.90 Å². The molecule has 1 N–H and O–H groups in total. The number of aromatic nitrogens is 3. The first-order chi connectivity index (χ1) is 14.6. The van der Waals surface area contributed by atoms with Crippen molar-refractivity contribution in [2.75, 3.05) is 32.7 Å². The molecule has 172 valence electrons. The van der Waals surface area contributed by atoms with Gasteiger partial charge in [-0.1, -0.05) is 50.6 Å². The van der Waals surface area contributed by atoms with Crippen LogP contribution in [0.2, 0.25) is 0 Å². The fraction of sp³-hybridized carbons (Fsp3) is 0.609. The first kappa shape index (κ1) is 25.6. The van der Waals surface area contributed by atoms with Gasteiger partial charge in [-0.25, -0.2) is 4.99 Å². The summed E-state index contributed by atoms with van der Waals surface area (Å²) in [4.78, 5) is 9.91. The average molecular weight is 540 g/mol. The van der Waals surface area contributed by atoms with Crippen LogP contribution in [0.4, 0.5) is 0 Å². The van der Waals surface area contributed by atoms with Crippen molar-refractivity contribution in [3.05, 3.63) is 47.5 Å². The maximum atomic E-state index is 4.90. The molecule has 31 heavy (non-hydrogen) atoms. The third kappa shape index (κ3) is 6.90. The first-order valence-electron chi connectivity index (χ1n) is 11.3. The topological polar surface area (TPSA) is 61.6 Å². The number of hydrogen-bond donors (Lipinski definition) is 1. The van der Waals surface area contributed by atoms with Crippen LogP contribution in [0.5, 0.6) is 0 Å². The van der Waals surface area contributed by atoms with Crippen LogP contribution in [-0.4, -0.2) is 63.2 Å². The van der Waals surface area contributed by atoms with Gasteiger partial charge in [0.1, 0.15) is 12.4 Å². The normalized spacial score (nSPS) is 16.1. The Morgan fingerprint density at radius 3 is 2.39 bits per heavy atom. The lowest BCUT2D eigenvalue weighted by molar-refractivity contribution is 0.127. The maximum Gasteiger partial charge on any atom is 0.194 e. The van der Waals surface area contributed by atoms with Crippen LogP contribution in [0.25, 0.3) is 0 Å². The quantitative estimate of drug-likeness (QED) is 0.240. The molecule has 0 spiro atoms. The molecular weight excluding hydrogens is 501 g/mol. The third-order valence-electron chi connectivity index (χ3n) is 5.99. The number of aryl methyl sites for hydroxylation is 1. The minimum Gasteiger partial charge on any atom is -0.356 e. The Morgan fingerprint density at radius 1 is 1.10 bits per heavy atom. The van der Waals surface area contributed by atoms with Crippen LogP contribution in [0.3, 0.4) is 0 Å². The largest absolute Gasteiger partial charge is 0.356 e. The minimum atomic E-state index is 0. The molecule has 1 fully saturated rings. The highest BCUT2D eigenvalue weighted by Crippen LogP contribution is 2.25. The van der Waals surface area contributed by atoms with E-state index in [0.717, 1.165) is 63.2 Å². The van der Waals surface area contributed by atoms with Crippen molar-refractivity contribution in [3.63, 3.8) is 0 Å². The molecule has 0 bridgehead atoms. The zero-order valence-corrected chi connectivity index (χ0v) is 21.7.